The summed E-state index contributed by atoms with van der Waals surface area (Å²) in [6, 6.07) is 7.44. The van der Waals surface area contributed by atoms with Crippen molar-refractivity contribution in [2.75, 3.05) is 12.3 Å². The molecule has 0 fully saturated rings. The van der Waals surface area contributed by atoms with E-state index < -0.39 is 0 Å². The van der Waals surface area contributed by atoms with Crippen LogP contribution in [-0.2, 0) is 11.2 Å². The Labute approximate surface area is 116 Å². The van der Waals surface area contributed by atoms with E-state index in [1.807, 2.05) is 36.6 Å². The van der Waals surface area contributed by atoms with E-state index in [9.17, 15) is 4.79 Å². The number of benzene rings is 1. The molecule has 19 heavy (non-hydrogen) atoms. The van der Waals surface area contributed by atoms with Gasteiger partial charge in [-0.2, -0.15) is 0 Å². The molecule has 4 nitrogen and oxygen atoms in total. The summed E-state index contributed by atoms with van der Waals surface area (Å²) in [7, 11) is 0. The van der Waals surface area contributed by atoms with Crippen molar-refractivity contribution in [2.24, 2.45) is 0 Å². The van der Waals surface area contributed by atoms with Crippen LogP contribution in [-0.4, -0.2) is 17.4 Å². The smallest absolute Gasteiger partial charge is 0.227 e. The molecule has 1 unspecified atom stereocenters. The van der Waals surface area contributed by atoms with Gasteiger partial charge in [0.05, 0.1) is 17.1 Å². The van der Waals surface area contributed by atoms with Gasteiger partial charge in [-0.25, -0.2) is 4.98 Å². The number of nitrogens with zero attached hydrogens (tertiary/aromatic N) is 1. The summed E-state index contributed by atoms with van der Waals surface area (Å²) in [6.07, 6.45) is 0.763. The molecule has 2 rings (SSSR count). The van der Waals surface area contributed by atoms with E-state index in [4.69, 9.17) is 5.73 Å². The maximum absolute atomic E-state index is 12.0. The third-order valence-corrected chi connectivity index (χ3v) is 3.60. The fraction of sp³-hybridized carbons (Fsp3) is 0.286. The van der Waals surface area contributed by atoms with Crippen molar-refractivity contribution in [3.63, 3.8) is 0 Å². The molecule has 100 valence electrons. The normalized spacial score (nSPS) is 12.1. The molecule has 3 N–H and O–H groups in total. The summed E-state index contributed by atoms with van der Waals surface area (Å²) < 4.78 is 0. The highest BCUT2D eigenvalue weighted by Gasteiger charge is 2.14. The molecule has 1 aromatic heterocycles. The third kappa shape index (κ3) is 3.79. The first-order valence-electron chi connectivity index (χ1n) is 6.17. The maximum Gasteiger partial charge on any atom is 0.227 e. The van der Waals surface area contributed by atoms with E-state index in [1.165, 1.54) is 0 Å². The largest absolute Gasteiger partial charge is 0.399 e. The second-order valence-electron chi connectivity index (χ2n) is 4.41. The average molecular weight is 275 g/mol. The third-order valence-electron chi connectivity index (χ3n) is 2.97. The minimum atomic E-state index is -0.195. The fourth-order valence-electron chi connectivity index (χ4n) is 1.81. The van der Waals surface area contributed by atoms with Gasteiger partial charge < -0.3 is 11.1 Å². The van der Waals surface area contributed by atoms with Crippen molar-refractivity contribution in [1.29, 1.82) is 0 Å². The van der Waals surface area contributed by atoms with E-state index in [-0.39, 0.29) is 11.8 Å². The van der Waals surface area contributed by atoms with Crippen LogP contribution in [0, 0.1) is 0 Å². The zero-order valence-electron chi connectivity index (χ0n) is 10.8. The van der Waals surface area contributed by atoms with Crippen LogP contribution in [0.25, 0.3) is 0 Å². The van der Waals surface area contributed by atoms with Crippen LogP contribution in [0.3, 0.4) is 0 Å². The molecular formula is C14H17N3OS. The van der Waals surface area contributed by atoms with E-state index in [0.29, 0.717) is 12.2 Å². The Morgan fingerprint density at radius 3 is 3.05 bits per heavy atom. The van der Waals surface area contributed by atoms with Crippen molar-refractivity contribution in [2.45, 2.75) is 19.3 Å². The van der Waals surface area contributed by atoms with Crippen LogP contribution in [0.5, 0.6) is 0 Å². The first-order chi connectivity index (χ1) is 9.16. The summed E-state index contributed by atoms with van der Waals surface area (Å²) in [4.78, 5) is 16.2. The maximum atomic E-state index is 12.0. The van der Waals surface area contributed by atoms with Crippen molar-refractivity contribution >= 4 is 22.9 Å². The van der Waals surface area contributed by atoms with Crippen LogP contribution >= 0.6 is 11.3 Å². The number of nitrogens with one attached hydrogen (secondary N) is 1. The van der Waals surface area contributed by atoms with E-state index >= 15 is 0 Å². The Balaban J connectivity index is 1.85. The van der Waals surface area contributed by atoms with Crippen molar-refractivity contribution < 1.29 is 4.79 Å². The molecule has 0 aliphatic rings. The minimum Gasteiger partial charge on any atom is -0.399 e. The number of hydrogen-bond donors (Lipinski definition) is 2. The van der Waals surface area contributed by atoms with Gasteiger partial charge in [-0.15, -0.1) is 11.3 Å². The predicted molar refractivity (Wildman–Crippen MR) is 78.1 cm³/mol. The summed E-state index contributed by atoms with van der Waals surface area (Å²) in [6.45, 7) is 2.49. The van der Waals surface area contributed by atoms with Gasteiger partial charge in [0.25, 0.3) is 0 Å². The van der Waals surface area contributed by atoms with Crippen molar-refractivity contribution in [3.05, 3.63) is 46.4 Å². The second kappa shape index (κ2) is 6.33. The van der Waals surface area contributed by atoms with Crippen LogP contribution in [0.4, 0.5) is 5.69 Å². The highest BCUT2D eigenvalue weighted by atomic mass is 32.1. The van der Waals surface area contributed by atoms with Crippen molar-refractivity contribution in [1.82, 2.24) is 10.3 Å². The lowest BCUT2D eigenvalue weighted by Crippen LogP contribution is -2.29. The number of aromatic nitrogens is 1. The number of carbonyl (C=O) groups excluding carboxylic acids is 1. The van der Waals surface area contributed by atoms with Crippen LogP contribution in [0.2, 0.25) is 0 Å². The van der Waals surface area contributed by atoms with Crippen LogP contribution in [0.1, 0.15) is 24.1 Å². The SMILES string of the molecule is CC(C(=O)NCCc1cscn1)c1cccc(N)c1. The molecule has 0 spiro atoms. The van der Waals surface area contributed by atoms with E-state index in [2.05, 4.69) is 10.3 Å². The molecule has 0 aliphatic heterocycles. The number of anilines is 1. The average Bonchev–Trinajstić information content (AvgIpc) is 2.91. The molecule has 0 radical (unpaired) electrons. The number of hydrogen-bond acceptors (Lipinski definition) is 4. The van der Waals surface area contributed by atoms with E-state index in [1.54, 1.807) is 16.8 Å². The van der Waals surface area contributed by atoms with Crippen LogP contribution in [0.15, 0.2) is 35.2 Å². The number of thiazole rings is 1. The van der Waals surface area contributed by atoms with E-state index in [0.717, 1.165) is 17.7 Å². The van der Waals surface area contributed by atoms with Crippen molar-refractivity contribution in [3.8, 4) is 0 Å². The first kappa shape index (κ1) is 13.5. The molecule has 0 saturated heterocycles. The molecule has 0 bridgehead atoms. The monoisotopic (exact) mass is 275 g/mol. The zero-order valence-corrected chi connectivity index (χ0v) is 11.6. The molecule has 0 saturated carbocycles. The lowest BCUT2D eigenvalue weighted by Gasteiger charge is -2.12. The number of amides is 1. The summed E-state index contributed by atoms with van der Waals surface area (Å²) in [5.41, 5.74) is 10.2. The fourth-order valence-corrected chi connectivity index (χ4v) is 2.40. The highest BCUT2D eigenvalue weighted by Crippen LogP contribution is 2.17. The van der Waals surface area contributed by atoms with Gasteiger partial charge in [-0.1, -0.05) is 12.1 Å². The summed E-state index contributed by atoms with van der Waals surface area (Å²) in [5, 5.41) is 4.92. The quantitative estimate of drug-likeness (QED) is 0.822. The Morgan fingerprint density at radius 2 is 2.37 bits per heavy atom. The summed E-state index contributed by atoms with van der Waals surface area (Å²) in [5.74, 6) is -0.181. The molecule has 2 aromatic rings. The minimum absolute atomic E-state index is 0.0147. The Bertz CT molecular complexity index is 539. The van der Waals surface area contributed by atoms with Gasteiger partial charge in [0.15, 0.2) is 0 Å². The molecule has 1 heterocycles. The number of rotatable bonds is 5. The van der Waals surface area contributed by atoms with Gasteiger partial charge in [0, 0.05) is 24.0 Å². The number of nitrogens with two attached hydrogens (primary N) is 1. The Hall–Kier alpha value is -1.88. The molecule has 1 atom stereocenters. The molecular weight excluding hydrogens is 258 g/mol. The topological polar surface area (TPSA) is 68.0 Å². The molecule has 1 aromatic carbocycles. The second-order valence-corrected chi connectivity index (χ2v) is 5.13. The van der Waals surface area contributed by atoms with Gasteiger partial charge in [0.2, 0.25) is 5.91 Å². The van der Waals surface area contributed by atoms with Gasteiger partial charge in [0.1, 0.15) is 0 Å². The Kier molecular flexibility index (Phi) is 4.52. The highest BCUT2D eigenvalue weighted by molar-refractivity contribution is 7.07. The van der Waals surface area contributed by atoms with Crippen LogP contribution < -0.4 is 11.1 Å². The number of nitrogen functional groups attached to an aromatic ring is 1. The number of carbonyl (C=O) groups is 1. The predicted octanol–water partition coefficient (Wildman–Crippen LogP) is 2.19. The summed E-state index contributed by atoms with van der Waals surface area (Å²) >= 11 is 1.57. The molecule has 1 amide bonds. The van der Waals surface area contributed by atoms with Gasteiger partial charge >= 0.3 is 0 Å². The Morgan fingerprint density at radius 1 is 1.53 bits per heavy atom. The lowest BCUT2D eigenvalue weighted by molar-refractivity contribution is -0.122. The molecule has 5 heteroatoms. The van der Waals surface area contributed by atoms with Gasteiger partial charge in [-0.05, 0) is 24.6 Å². The van der Waals surface area contributed by atoms with Gasteiger partial charge in [-0.3, -0.25) is 4.79 Å². The zero-order chi connectivity index (χ0) is 13.7. The standard InChI is InChI=1S/C14H17N3OS/c1-10(11-3-2-4-12(15)7-11)14(18)16-6-5-13-8-19-9-17-13/h2-4,7-10H,5-6,15H2,1H3,(H,16,18). The molecule has 0 aliphatic carbocycles. The lowest BCUT2D eigenvalue weighted by atomic mass is 10.00. The first-order valence-corrected chi connectivity index (χ1v) is 7.11.